The van der Waals surface area contributed by atoms with Crippen LogP contribution in [0.15, 0.2) is 12.1 Å². The Morgan fingerprint density at radius 3 is 2.56 bits per heavy atom. The molecule has 5 heteroatoms. The second-order valence-electron chi connectivity index (χ2n) is 4.71. The number of carbonyl (C=O) groups is 2. The summed E-state index contributed by atoms with van der Waals surface area (Å²) in [5.41, 5.74) is 1.34. The lowest BCUT2D eigenvalue weighted by molar-refractivity contribution is -0.114. The van der Waals surface area contributed by atoms with Crippen molar-refractivity contribution in [2.75, 3.05) is 32.1 Å². The SMILES string of the molecule is Cc1cc(F)cc2c1N(CCN(C)C)C(=O)C2=O. The van der Waals surface area contributed by atoms with E-state index in [4.69, 9.17) is 0 Å². The van der Waals surface area contributed by atoms with Crippen LogP contribution >= 0.6 is 0 Å². The normalized spacial score (nSPS) is 14.6. The zero-order chi connectivity index (χ0) is 13.4. The Bertz CT molecular complexity index is 526. The zero-order valence-corrected chi connectivity index (χ0v) is 10.7. The Morgan fingerprint density at radius 1 is 1.28 bits per heavy atom. The molecule has 0 atom stereocenters. The molecule has 0 saturated heterocycles. The Morgan fingerprint density at radius 2 is 1.94 bits per heavy atom. The number of halogens is 1. The van der Waals surface area contributed by atoms with Gasteiger partial charge in [-0.15, -0.1) is 0 Å². The summed E-state index contributed by atoms with van der Waals surface area (Å²) in [6.45, 7) is 2.78. The van der Waals surface area contributed by atoms with Gasteiger partial charge in [0.1, 0.15) is 5.82 Å². The molecule has 0 unspecified atom stereocenters. The maximum atomic E-state index is 13.3. The molecule has 1 aliphatic rings. The summed E-state index contributed by atoms with van der Waals surface area (Å²) in [5.74, 6) is -1.67. The topological polar surface area (TPSA) is 40.6 Å². The first-order valence-corrected chi connectivity index (χ1v) is 5.73. The van der Waals surface area contributed by atoms with Crippen LogP contribution < -0.4 is 4.90 Å². The standard InChI is InChI=1S/C13H15FN2O2/c1-8-6-9(14)7-10-11(8)16(5-4-15(2)3)13(18)12(10)17/h6-7H,4-5H2,1-3H3. The van der Waals surface area contributed by atoms with Crippen LogP contribution in [0.4, 0.5) is 10.1 Å². The highest BCUT2D eigenvalue weighted by molar-refractivity contribution is 6.52. The number of anilines is 1. The van der Waals surface area contributed by atoms with Crippen LogP contribution in [0.5, 0.6) is 0 Å². The van der Waals surface area contributed by atoms with Gasteiger partial charge in [0.15, 0.2) is 0 Å². The first-order valence-electron chi connectivity index (χ1n) is 5.73. The number of rotatable bonds is 3. The molecule has 0 aliphatic carbocycles. The Labute approximate surface area is 105 Å². The average Bonchev–Trinajstić information content (AvgIpc) is 2.51. The third-order valence-corrected chi connectivity index (χ3v) is 2.99. The van der Waals surface area contributed by atoms with Gasteiger partial charge in [0.2, 0.25) is 0 Å². The van der Waals surface area contributed by atoms with E-state index in [2.05, 4.69) is 0 Å². The number of fused-ring (bicyclic) bond motifs is 1. The highest BCUT2D eigenvalue weighted by Gasteiger charge is 2.37. The first kappa shape index (κ1) is 12.7. The number of nitrogens with zero attached hydrogens (tertiary/aromatic N) is 2. The van der Waals surface area contributed by atoms with Gasteiger partial charge < -0.3 is 9.80 Å². The minimum absolute atomic E-state index is 0.177. The van der Waals surface area contributed by atoms with Crippen molar-refractivity contribution in [3.63, 3.8) is 0 Å². The number of Topliss-reactive ketones (excluding diaryl/α,β-unsaturated/α-hetero) is 1. The van der Waals surface area contributed by atoms with Crippen LogP contribution in [0.3, 0.4) is 0 Å². The maximum Gasteiger partial charge on any atom is 0.299 e. The summed E-state index contributed by atoms with van der Waals surface area (Å²) in [5, 5.41) is 0. The predicted molar refractivity (Wildman–Crippen MR) is 66.4 cm³/mol. The second kappa shape index (κ2) is 4.49. The van der Waals surface area contributed by atoms with E-state index >= 15 is 0 Å². The van der Waals surface area contributed by atoms with E-state index in [0.29, 0.717) is 24.3 Å². The number of carbonyl (C=O) groups excluding carboxylic acids is 2. The van der Waals surface area contributed by atoms with Crippen molar-refractivity contribution in [3.8, 4) is 0 Å². The summed E-state index contributed by atoms with van der Waals surface area (Å²) in [4.78, 5) is 27.0. The van der Waals surface area contributed by atoms with E-state index in [1.165, 1.54) is 11.0 Å². The van der Waals surface area contributed by atoms with Crippen LogP contribution in [-0.2, 0) is 4.79 Å². The molecule has 0 N–H and O–H groups in total. The average molecular weight is 250 g/mol. The van der Waals surface area contributed by atoms with E-state index in [0.717, 1.165) is 6.07 Å². The first-order chi connectivity index (χ1) is 8.41. The third-order valence-electron chi connectivity index (χ3n) is 2.99. The number of amides is 1. The second-order valence-corrected chi connectivity index (χ2v) is 4.71. The van der Waals surface area contributed by atoms with Crippen LogP contribution in [0, 0.1) is 12.7 Å². The fraction of sp³-hybridized carbons (Fsp3) is 0.385. The lowest BCUT2D eigenvalue weighted by Gasteiger charge is -2.20. The van der Waals surface area contributed by atoms with Gasteiger partial charge in [0.05, 0.1) is 11.3 Å². The van der Waals surface area contributed by atoms with Crippen molar-refractivity contribution in [2.45, 2.75) is 6.92 Å². The Balaban J connectivity index is 2.42. The molecule has 0 aromatic heterocycles. The van der Waals surface area contributed by atoms with Gasteiger partial charge >= 0.3 is 0 Å². The monoisotopic (exact) mass is 250 g/mol. The van der Waals surface area contributed by atoms with E-state index in [-0.39, 0.29) is 5.56 Å². The smallest absolute Gasteiger partial charge is 0.299 e. The molecule has 1 aliphatic heterocycles. The minimum atomic E-state index is -0.619. The highest BCUT2D eigenvalue weighted by atomic mass is 19.1. The maximum absolute atomic E-state index is 13.3. The van der Waals surface area contributed by atoms with Crippen LogP contribution in [0.2, 0.25) is 0 Å². The summed E-state index contributed by atoms with van der Waals surface area (Å²) in [7, 11) is 3.78. The van der Waals surface area contributed by atoms with Crippen LogP contribution in [0.25, 0.3) is 0 Å². The molecule has 18 heavy (non-hydrogen) atoms. The molecule has 0 bridgehead atoms. The fourth-order valence-electron chi connectivity index (χ4n) is 2.12. The molecule has 0 saturated carbocycles. The van der Waals surface area contributed by atoms with Crippen molar-refractivity contribution < 1.29 is 14.0 Å². The van der Waals surface area contributed by atoms with Crippen molar-refractivity contribution in [2.24, 2.45) is 0 Å². The van der Waals surface area contributed by atoms with Gasteiger partial charge in [-0.25, -0.2) is 4.39 Å². The lowest BCUT2D eigenvalue weighted by atomic mass is 10.1. The van der Waals surface area contributed by atoms with Gasteiger partial charge in [-0.05, 0) is 38.7 Å². The van der Waals surface area contributed by atoms with E-state index < -0.39 is 17.5 Å². The molecule has 0 radical (unpaired) electrons. The summed E-state index contributed by atoms with van der Waals surface area (Å²) < 4.78 is 13.3. The molecule has 2 rings (SSSR count). The van der Waals surface area contributed by atoms with Crippen LogP contribution in [-0.4, -0.2) is 43.8 Å². The van der Waals surface area contributed by atoms with E-state index in [9.17, 15) is 14.0 Å². The van der Waals surface area contributed by atoms with Gasteiger partial charge in [-0.1, -0.05) is 0 Å². The van der Waals surface area contributed by atoms with Crippen molar-refractivity contribution in [1.29, 1.82) is 0 Å². The minimum Gasteiger partial charge on any atom is -0.308 e. The zero-order valence-electron chi connectivity index (χ0n) is 10.7. The van der Waals surface area contributed by atoms with Gasteiger partial charge in [0, 0.05) is 13.1 Å². The molecule has 4 nitrogen and oxygen atoms in total. The quantitative estimate of drug-likeness (QED) is 0.757. The van der Waals surface area contributed by atoms with E-state index in [1.807, 2.05) is 19.0 Å². The largest absolute Gasteiger partial charge is 0.308 e. The molecule has 1 amide bonds. The van der Waals surface area contributed by atoms with Gasteiger partial charge in [0.25, 0.3) is 11.7 Å². The molecule has 0 fully saturated rings. The molecule has 1 aromatic rings. The Hall–Kier alpha value is -1.75. The summed E-state index contributed by atoms with van der Waals surface area (Å²) in [6, 6.07) is 2.48. The predicted octanol–water partition coefficient (Wildman–Crippen LogP) is 1.23. The molecule has 1 heterocycles. The Kier molecular flexibility index (Phi) is 3.17. The van der Waals surface area contributed by atoms with Crippen molar-refractivity contribution >= 4 is 17.4 Å². The fourth-order valence-corrected chi connectivity index (χ4v) is 2.12. The lowest BCUT2D eigenvalue weighted by Crippen LogP contribution is -2.36. The number of hydrogen-bond acceptors (Lipinski definition) is 3. The van der Waals surface area contributed by atoms with Gasteiger partial charge in [-0.3, -0.25) is 9.59 Å². The number of hydrogen-bond donors (Lipinski definition) is 0. The molecular weight excluding hydrogens is 235 g/mol. The van der Waals surface area contributed by atoms with Gasteiger partial charge in [-0.2, -0.15) is 0 Å². The molecule has 1 aromatic carbocycles. The highest BCUT2D eigenvalue weighted by Crippen LogP contribution is 2.32. The number of likely N-dealkylation sites (N-methyl/N-ethyl adjacent to an activating group) is 1. The summed E-state index contributed by atoms with van der Waals surface area (Å²) in [6.07, 6.45) is 0. The van der Waals surface area contributed by atoms with E-state index in [1.54, 1.807) is 6.92 Å². The molecule has 96 valence electrons. The summed E-state index contributed by atoms with van der Waals surface area (Å²) >= 11 is 0. The van der Waals surface area contributed by atoms with Crippen LogP contribution in [0.1, 0.15) is 15.9 Å². The molecule has 0 spiro atoms. The number of ketones is 1. The number of benzene rings is 1. The third kappa shape index (κ3) is 2.01. The van der Waals surface area contributed by atoms with Crippen molar-refractivity contribution in [1.82, 2.24) is 4.90 Å². The van der Waals surface area contributed by atoms with Crippen molar-refractivity contribution in [3.05, 3.63) is 29.1 Å². The molecular formula is C13H15FN2O2. The number of aryl methyl sites for hydroxylation is 1.